The van der Waals surface area contributed by atoms with Gasteiger partial charge in [-0.05, 0) is 137 Å². The number of benzene rings is 3. The van der Waals surface area contributed by atoms with Crippen molar-refractivity contribution in [2.75, 3.05) is 69.7 Å². The highest BCUT2D eigenvalue weighted by atomic mass is 35.5. The standard InChI is InChI=1S/C23H26ClN5O3.C22H23F4N5O3.C21H20F3N5O2/c1-3-5-18(30)28-12-23(13-28)10-15(11-23)29-21(25)19(22(26)31)20(27-29)14-6-7-17(16(24)9-14)32-8-4-2;1-2-16(32)30-6-5-21(10-30)8-13(9-21)31-19(27)17(20(28)33)18(29-31)12-3-4-14(23)15(7-12)34-11-22(24,25)26;1-2-3-15(30)28-10-20(11-28)8-14(9-20)29-18(25)16(19(26)31)17(27-29)12-4-6-13(7-5-12)21(22,23)24/h6-7,9,15H,4,8,10-13,25H2,1-2H3,(H2,26,31);2-4,7,13H,1,5-6,8-11,27H2,(H2,28,33);4-7,14H,8-11,25H2,1H3,(H2,26,31). The van der Waals surface area contributed by atoms with Crippen LogP contribution in [0.1, 0.15) is 127 Å². The van der Waals surface area contributed by atoms with E-state index in [1.165, 1.54) is 33.6 Å². The number of nitrogens with two attached hydrogens (primary N) is 6. The molecule has 0 atom stereocenters. The van der Waals surface area contributed by atoms with E-state index in [0.29, 0.717) is 99.2 Å². The third kappa shape index (κ3) is 14.1. The number of amides is 6. The van der Waals surface area contributed by atoms with Gasteiger partial charge in [0.2, 0.25) is 5.91 Å². The van der Waals surface area contributed by atoms with Crippen LogP contribution in [0.15, 0.2) is 73.3 Å². The molecule has 3 aliphatic carbocycles. The monoisotopic (exact) mass is 1370 g/mol. The molecule has 0 unspecified atom stereocenters. The number of halogens is 8. The van der Waals surface area contributed by atoms with Crippen molar-refractivity contribution in [1.82, 2.24) is 44.0 Å². The number of ether oxygens (including phenoxy) is 2. The van der Waals surface area contributed by atoms with Crippen molar-refractivity contribution in [2.45, 2.75) is 103 Å². The number of aromatic nitrogens is 6. The van der Waals surface area contributed by atoms with Gasteiger partial charge in [0.25, 0.3) is 29.5 Å². The van der Waals surface area contributed by atoms with Gasteiger partial charge >= 0.3 is 12.4 Å². The van der Waals surface area contributed by atoms with E-state index in [0.717, 1.165) is 49.9 Å². The van der Waals surface area contributed by atoms with Crippen molar-refractivity contribution in [1.29, 1.82) is 0 Å². The van der Waals surface area contributed by atoms with Gasteiger partial charge in [0, 0.05) is 66.8 Å². The Morgan fingerprint density at radius 2 is 1.02 bits per heavy atom. The molecular formula is C66H69ClF7N15O8. The Bertz CT molecular complexity index is 4260. The van der Waals surface area contributed by atoms with Crippen LogP contribution in [0, 0.1) is 45.7 Å². The molecule has 512 valence electrons. The van der Waals surface area contributed by atoms with Crippen molar-refractivity contribution in [3.05, 3.63) is 106 Å². The first-order chi connectivity index (χ1) is 45.8. The molecule has 6 aromatic rings. The van der Waals surface area contributed by atoms with Gasteiger partial charge in [0.15, 0.2) is 18.2 Å². The van der Waals surface area contributed by atoms with E-state index < -0.39 is 53.8 Å². The molecule has 3 aliphatic heterocycles. The Hall–Kier alpha value is -10.2. The van der Waals surface area contributed by atoms with Gasteiger partial charge in [-0.25, -0.2) is 18.4 Å². The van der Waals surface area contributed by atoms with Crippen molar-refractivity contribution >= 4 is 64.5 Å². The van der Waals surface area contributed by atoms with Crippen LogP contribution in [0.4, 0.5) is 48.2 Å². The SMILES string of the molecule is C=CC(=O)N1CCC2(CC(n3nc(-c4ccc(F)c(OCC(F)(F)F)c4)c(C(N)=O)c3N)C2)C1.CC#CC(=O)N1CC2(CC(n3nc(-c4ccc(C(F)(F)F)cc4)c(C(N)=O)c3N)C2)C1.CC#CC(=O)N1CC2(CC(n3nc(-c4ccc(OCCC)c(Cl)c4)c(C(N)=O)c3N)C2)C1. The minimum Gasteiger partial charge on any atom is -0.492 e. The van der Waals surface area contributed by atoms with Crippen molar-refractivity contribution in [3.63, 3.8) is 0 Å². The van der Waals surface area contributed by atoms with Crippen LogP contribution in [0.2, 0.25) is 5.02 Å². The van der Waals surface area contributed by atoms with E-state index in [1.54, 1.807) is 51.4 Å². The number of nitrogens with zero attached hydrogens (tertiary/aromatic N) is 9. The summed E-state index contributed by atoms with van der Waals surface area (Å²) >= 11 is 6.37. The highest BCUT2D eigenvalue weighted by Gasteiger charge is 2.57. The summed E-state index contributed by atoms with van der Waals surface area (Å²) < 4.78 is 105. The molecule has 0 bridgehead atoms. The number of anilines is 3. The Balaban J connectivity index is 0.000000158. The van der Waals surface area contributed by atoms with Gasteiger partial charge < -0.3 is 58.6 Å². The predicted molar refractivity (Wildman–Crippen MR) is 343 cm³/mol. The van der Waals surface area contributed by atoms with E-state index >= 15 is 0 Å². The van der Waals surface area contributed by atoms with Crippen LogP contribution >= 0.6 is 11.6 Å². The smallest absolute Gasteiger partial charge is 0.422 e. The summed E-state index contributed by atoms with van der Waals surface area (Å²) in [5.41, 5.74) is 36.2. The first-order valence-electron chi connectivity index (χ1n) is 30.7. The Morgan fingerprint density at radius 3 is 1.42 bits per heavy atom. The number of rotatable bonds is 15. The number of hydrogen-bond donors (Lipinski definition) is 6. The Labute approximate surface area is 556 Å². The molecule has 6 fully saturated rings. The fraction of sp³-hybridized carbons (Fsp3) is 0.409. The van der Waals surface area contributed by atoms with Crippen LogP contribution in [0.3, 0.4) is 0 Å². The normalized spacial score (nSPS) is 17.2. The molecule has 6 heterocycles. The number of carbonyl (C=O) groups excluding carboxylic acids is 6. The van der Waals surface area contributed by atoms with E-state index in [1.807, 2.05) is 6.92 Å². The first-order valence-corrected chi connectivity index (χ1v) is 31.1. The lowest BCUT2D eigenvalue weighted by molar-refractivity contribution is -0.154. The lowest BCUT2D eigenvalue weighted by Gasteiger charge is -2.58. The van der Waals surface area contributed by atoms with Gasteiger partial charge in [0.05, 0.1) is 35.3 Å². The number of carbonyl (C=O) groups is 6. The van der Waals surface area contributed by atoms with Gasteiger partial charge in [-0.15, -0.1) is 0 Å². The zero-order valence-corrected chi connectivity index (χ0v) is 53.6. The van der Waals surface area contributed by atoms with Crippen LogP contribution in [0.5, 0.6) is 11.5 Å². The minimum absolute atomic E-state index is 0.00987. The maximum atomic E-state index is 14.0. The summed E-state index contributed by atoms with van der Waals surface area (Å²) in [4.78, 5) is 77.1. The highest BCUT2D eigenvalue weighted by Crippen LogP contribution is 2.57. The summed E-state index contributed by atoms with van der Waals surface area (Å²) in [5, 5.41) is 13.9. The molecule has 3 aromatic carbocycles. The van der Waals surface area contributed by atoms with E-state index in [2.05, 4.69) is 50.3 Å². The van der Waals surface area contributed by atoms with Crippen LogP contribution in [0.25, 0.3) is 33.8 Å². The number of alkyl halides is 6. The second-order valence-electron chi connectivity index (χ2n) is 25.3. The molecule has 6 amide bonds. The quantitative estimate of drug-likeness (QED) is 0.0320. The maximum Gasteiger partial charge on any atom is 0.422 e. The van der Waals surface area contributed by atoms with E-state index in [-0.39, 0.29) is 103 Å². The summed E-state index contributed by atoms with van der Waals surface area (Å²) in [6, 6.07) is 12.6. The lowest BCUT2D eigenvalue weighted by atomic mass is 9.60. The summed E-state index contributed by atoms with van der Waals surface area (Å²) in [5.74, 6) is 6.83. The highest BCUT2D eigenvalue weighted by molar-refractivity contribution is 6.32. The average Bonchev–Trinajstić information content (AvgIpc) is 1.72. The van der Waals surface area contributed by atoms with Crippen LogP contribution in [-0.2, 0) is 20.6 Å². The Kier molecular flexibility index (Phi) is 19.2. The molecule has 3 aromatic heterocycles. The number of hydrogen-bond acceptors (Lipinski definition) is 14. The Morgan fingerprint density at radius 1 is 0.608 bits per heavy atom. The largest absolute Gasteiger partial charge is 0.492 e. The molecule has 3 spiro atoms. The van der Waals surface area contributed by atoms with E-state index in [9.17, 15) is 59.5 Å². The van der Waals surface area contributed by atoms with E-state index in [4.69, 9.17) is 50.7 Å². The van der Waals surface area contributed by atoms with Gasteiger partial charge in [-0.1, -0.05) is 49.1 Å². The van der Waals surface area contributed by atoms with Crippen molar-refractivity contribution in [2.24, 2.45) is 33.4 Å². The zero-order chi connectivity index (χ0) is 70.4. The number of primary amides is 3. The molecule has 3 saturated carbocycles. The average molecular weight is 1370 g/mol. The van der Waals surface area contributed by atoms with Crippen LogP contribution < -0.4 is 43.9 Å². The minimum atomic E-state index is -4.65. The second kappa shape index (κ2) is 26.8. The molecule has 3 saturated heterocycles. The molecule has 31 heteroatoms. The molecule has 23 nitrogen and oxygen atoms in total. The van der Waals surface area contributed by atoms with Gasteiger partial charge in [-0.3, -0.25) is 28.8 Å². The van der Waals surface area contributed by atoms with Crippen molar-refractivity contribution in [3.8, 4) is 69.0 Å². The van der Waals surface area contributed by atoms with Crippen molar-refractivity contribution < 1.29 is 69.0 Å². The molecular weight excluding hydrogens is 1300 g/mol. The fourth-order valence-corrected chi connectivity index (χ4v) is 14.1. The molecule has 12 rings (SSSR count). The maximum absolute atomic E-state index is 14.0. The first kappa shape index (κ1) is 69.6. The topological polar surface area (TPSA) is 340 Å². The van der Waals surface area contributed by atoms with Crippen LogP contribution in [-0.4, -0.2) is 138 Å². The summed E-state index contributed by atoms with van der Waals surface area (Å²) in [7, 11) is 0. The third-order valence-corrected chi connectivity index (χ3v) is 18.7. The third-order valence-electron chi connectivity index (χ3n) is 18.4. The lowest BCUT2D eigenvalue weighted by Crippen LogP contribution is -2.63. The van der Waals surface area contributed by atoms with Gasteiger partial charge in [0.1, 0.15) is 57.0 Å². The summed E-state index contributed by atoms with van der Waals surface area (Å²) in [6.07, 6.45) is -1.75. The predicted octanol–water partition coefficient (Wildman–Crippen LogP) is 8.35. The molecule has 97 heavy (non-hydrogen) atoms. The molecule has 12 N–H and O–H groups in total. The zero-order valence-electron chi connectivity index (χ0n) is 52.9. The fourth-order valence-electron chi connectivity index (χ4n) is 13.9. The summed E-state index contributed by atoms with van der Waals surface area (Å²) in [6.45, 7) is 11.5. The number of nitrogen functional groups attached to an aromatic ring is 3. The molecule has 0 radical (unpaired) electrons. The second-order valence-corrected chi connectivity index (χ2v) is 25.8. The van der Waals surface area contributed by atoms with Gasteiger partial charge in [-0.2, -0.15) is 41.6 Å². The molecule has 6 aliphatic rings. The number of likely N-dealkylation sites (tertiary alicyclic amines) is 3.